The molecule has 3 nitrogen and oxygen atoms in total. The smallest absolute Gasteiger partial charge is 0.152 e. The molecule has 4 heteroatoms. The summed E-state index contributed by atoms with van der Waals surface area (Å²) in [6, 6.07) is 5.90. The van der Waals surface area contributed by atoms with E-state index in [4.69, 9.17) is 0 Å². The summed E-state index contributed by atoms with van der Waals surface area (Å²) < 4.78 is 14.7. The van der Waals surface area contributed by atoms with Gasteiger partial charge in [0.15, 0.2) is 12.6 Å². The maximum atomic E-state index is 12.9. The summed E-state index contributed by atoms with van der Waals surface area (Å²) in [6.07, 6.45) is 1.35. The van der Waals surface area contributed by atoms with E-state index in [0.29, 0.717) is 35.1 Å². The summed E-state index contributed by atoms with van der Waals surface area (Å²) in [6.45, 7) is 3.51. The van der Waals surface area contributed by atoms with Crippen LogP contribution in [0, 0.1) is 19.7 Å². The van der Waals surface area contributed by atoms with E-state index in [1.165, 1.54) is 12.1 Å². The van der Waals surface area contributed by atoms with E-state index in [-0.39, 0.29) is 5.82 Å². The van der Waals surface area contributed by atoms with Gasteiger partial charge in [-0.15, -0.1) is 0 Å². The fourth-order valence-electron chi connectivity index (χ4n) is 2.16. The normalized spacial score (nSPS) is 10.4. The Balaban J connectivity index is 2.71. The predicted molar refractivity (Wildman–Crippen MR) is 66.0 cm³/mol. The summed E-state index contributed by atoms with van der Waals surface area (Å²) in [5.74, 6) is -0.326. The lowest BCUT2D eigenvalue weighted by Crippen LogP contribution is -1.99. The lowest BCUT2D eigenvalue weighted by atomic mass is 10.1. The van der Waals surface area contributed by atoms with Crippen molar-refractivity contribution in [2.45, 2.75) is 13.8 Å². The van der Waals surface area contributed by atoms with E-state index in [2.05, 4.69) is 0 Å². The van der Waals surface area contributed by atoms with Crippen LogP contribution in [-0.2, 0) is 0 Å². The molecule has 0 aliphatic rings. The van der Waals surface area contributed by atoms with Gasteiger partial charge in [0.1, 0.15) is 5.82 Å². The molecule has 0 atom stereocenters. The fourth-order valence-corrected chi connectivity index (χ4v) is 2.16. The first-order valence-corrected chi connectivity index (χ1v) is 5.48. The van der Waals surface area contributed by atoms with Crippen molar-refractivity contribution in [3.05, 3.63) is 52.6 Å². The highest BCUT2D eigenvalue weighted by atomic mass is 19.1. The number of nitrogens with zero attached hydrogens (tertiary/aromatic N) is 1. The van der Waals surface area contributed by atoms with Crippen molar-refractivity contribution in [3.63, 3.8) is 0 Å². The second-order valence-electron chi connectivity index (χ2n) is 4.05. The van der Waals surface area contributed by atoms with Gasteiger partial charge in [0.2, 0.25) is 0 Å². The van der Waals surface area contributed by atoms with Crippen LogP contribution in [0.3, 0.4) is 0 Å². The number of rotatable bonds is 3. The van der Waals surface area contributed by atoms with E-state index >= 15 is 0 Å². The number of aldehydes is 2. The van der Waals surface area contributed by atoms with Crippen LogP contribution in [0.5, 0.6) is 0 Å². The van der Waals surface area contributed by atoms with Gasteiger partial charge in [-0.2, -0.15) is 0 Å². The highest BCUT2D eigenvalue weighted by Crippen LogP contribution is 2.23. The Labute approximate surface area is 104 Å². The molecule has 18 heavy (non-hydrogen) atoms. The van der Waals surface area contributed by atoms with Crippen LogP contribution in [0.1, 0.15) is 32.1 Å². The van der Waals surface area contributed by atoms with Gasteiger partial charge in [-0.25, -0.2) is 4.39 Å². The molecule has 2 aromatic rings. The first kappa shape index (κ1) is 12.2. The van der Waals surface area contributed by atoms with Gasteiger partial charge in [-0.3, -0.25) is 9.59 Å². The second-order valence-corrected chi connectivity index (χ2v) is 4.05. The van der Waals surface area contributed by atoms with E-state index in [0.717, 1.165) is 5.69 Å². The number of benzene rings is 1. The highest BCUT2D eigenvalue weighted by molar-refractivity contribution is 5.93. The Morgan fingerprint density at radius 3 is 1.78 bits per heavy atom. The molecule has 1 aromatic carbocycles. The molecule has 0 aliphatic carbocycles. The van der Waals surface area contributed by atoms with Gasteiger partial charge in [-0.1, -0.05) is 0 Å². The van der Waals surface area contributed by atoms with Crippen molar-refractivity contribution in [1.29, 1.82) is 0 Å². The minimum absolute atomic E-state index is 0.326. The first-order valence-electron chi connectivity index (χ1n) is 5.48. The maximum Gasteiger partial charge on any atom is 0.152 e. The molecule has 0 N–H and O–H groups in total. The van der Waals surface area contributed by atoms with Gasteiger partial charge < -0.3 is 4.57 Å². The lowest BCUT2D eigenvalue weighted by molar-refractivity contribution is 0.109. The minimum Gasteiger partial charge on any atom is -0.317 e. The molecule has 0 saturated carbocycles. The van der Waals surface area contributed by atoms with Gasteiger partial charge >= 0.3 is 0 Å². The van der Waals surface area contributed by atoms with Crippen LogP contribution in [0.15, 0.2) is 24.3 Å². The molecular formula is C14H12FNO2. The van der Waals surface area contributed by atoms with E-state index < -0.39 is 0 Å². The number of aromatic nitrogens is 1. The molecule has 1 heterocycles. The van der Waals surface area contributed by atoms with Crippen molar-refractivity contribution in [3.8, 4) is 5.69 Å². The highest BCUT2D eigenvalue weighted by Gasteiger charge is 2.17. The second kappa shape index (κ2) is 4.56. The average Bonchev–Trinajstić information content (AvgIpc) is 2.61. The molecule has 0 saturated heterocycles. The SMILES string of the molecule is Cc1c(C=O)c(C=O)c(C)n1-c1ccc(F)cc1. The first-order chi connectivity index (χ1) is 8.60. The molecule has 0 amide bonds. The number of carbonyl (C=O) groups excluding carboxylic acids is 2. The Hall–Kier alpha value is -2.23. The van der Waals surface area contributed by atoms with Crippen LogP contribution < -0.4 is 0 Å². The standard InChI is InChI=1S/C14H12FNO2/c1-9-13(7-17)14(8-18)10(2)16(9)12-5-3-11(15)4-6-12/h3-8H,1-2H3. The van der Waals surface area contributed by atoms with Gasteiger partial charge in [0, 0.05) is 28.2 Å². The van der Waals surface area contributed by atoms with Gasteiger partial charge in [-0.05, 0) is 38.1 Å². The average molecular weight is 245 g/mol. The zero-order valence-corrected chi connectivity index (χ0v) is 10.1. The summed E-state index contributed by atoms with van der Waals surface area (Å²) in [5.41, 5.74) is 2.84. The van der Waals surface area contributed by atoms with Crippen molar-refractivity contribution in [2.24, 2.45) is 0 Å². The number of carbonyl (C=O) groups is 2. The molecule has 1 aromatic heterocycles. The summed E-state index contributed by atoms with van der Waals surface area (Å²) in [5, 5.41) is 0. The number of hydrogen-bond donors (Lipinski definition) is 0. The molecule has 92 valence electrons. The van der Waals surface area contributed by atoms with Crippen molar-refractivity contribution in [1.82, 2.24) is 4.57 Å². The zero-order chi connectivity index (χ0) is 13.3. The Kier molecular flexibility index (Phi) is 3.10. The Morgan fingerprint density at radius 1 is 0.944 bits per heavy atom. The largest absolute Gasteiger partial charge is 0.317 e. The third-order valence-corrected chi connectivity index (χ3v) is 3.06. The molecule has 2 rings (SSSR count). The quantitative estimate of drug-likeness (QED) is 0.780. The van der Waals surface area contributed by atoms with Crippen LogP contribution in [-0.4, -0.2) is 17.1 Å². The maximum absolute atomic E-state index is 12.9. The molecule has 0 fully saturated rings. The zero-order valence-electron chi connectivity index (χ0n) is 10.1. The van der Waals surface area contributed by atoms with Crippen molar-refractivity contribution in [2.75, 3.05) is 0 Å². The van der Waals surface area contributed by atoms with Gasteiger partial charge in [0.25, 0.3) is 0 Å². The Bertz CT molecular complexity index is 580. The Morgan fingerprint density at radius 2 is 1.39 bits per heavy atom. The molecular weight excluding hydrogens is 233 g/mol. The minimum atomic E-state index is -0.326. The van der Waals surface area contributed by atoms with Crippen LogP contribution in [0.25, 0.3) is 5.69 Å². The monoisotopic (exact) mass is 245 g/mol. The van der Waals surface area contributed by atoms with E-state index in [1.54, 1.807) is 30.5 Å². The number of hydrogen-bond acceptors (Lipinski definition) is 2. The van der Waals surface area contributed by atoms with Crippen LogP contribution >= 0.6 is 0 Å². The number of halogens is 1. The fraction of sp³-hybridized carbons (Fsp3) is 0.143. The predicted octanol–water partition coefficient (Wildman–Crippen LogP) is 2.86. The molecule has 0 unspecified atom stereocenters. The summed E-state index contributed by atoms with van der Waals surface area (Å²) >= 11 is 0. The van der Waals surface area contributed by atoms with Crippen molar-refractivity contribution >= 4 is 12.6 Å². The lowest BCUT2D eigenvalue weighted by Gasteiger charge is -2.09. The molecule has 0 aliphatic heterocycles. The van der Waals surface area contributed by atoms with Crippen LogP contribution in [0.2, 0.25) is 0 Å². The molecule has 0 spiro atoms. The van der Waals surface area contributed by atoms with Crippen molar-refractivity contribution < 1.29 is 14.0 Å². The summed E-state index contributed by atoms with van der Waals surface area (Å²) in [4.78, 5) is 22.1. The van der Waals surface area contributed by atoms with Gasteiger partial charge in [0.05, 0.1) is 0 Å². The molecule has 0 bridgehead atoms. The van der Waals surface area contributed by atoms with E-state index in [9.17, 15) is 14.0 Å². The van der Waals surface area contributed by atoms with Crippen LogP contribution in [0.4, 0.5) is 4.39 Å². The van der Waals surface area contributed by atoms with E-state index in [1.807, 2.05) is 0 Å². The topological polar surface area (TPSA) is 39.1 Å². The molecule has 0 radical (unpaired) electrons. The third-order valence-electron chi connectivity index (χ3n) is 3.06. The third kappa shape index (κ3) is 1.76. The summed E-state index contributed by atoms with van der Waals surface area (Å²) in [7, 11) is 0.